The lowest BCUT2D eigenvalue weighted by atomic mass is 10.2. The van der Waals surface area contributed by atoms with Crippen LogP contribution in [-0.2, 0) is 6.54 Å². The summed E-state index contributed by atoms with van der Waals surface area (Å²) >= 11 is 9.72. The molecule has 1 aromatic carbocycles. The number of aryl methyl sites for hydroxylation is 1. The molecule has 0 saturated heterocycles. The van der Waals surface area contributed by atoms with Gasteiger partial charge in [0.25, 0.3) is 0 Å². The summed E-state index contributed by atoms with van der Waals surface area (Å²) in [5.41, 5.74) is 4.29. The van der Waals surface area contributed by atoms with Crippen molar-refractivity contribution < 1.29 is 0 Å². The van der Waals surface area contributed by atoms with Gasteiger partial charge in [-0.3, -0.25) is 0 Å². The number of pyridine rings is 1. The third-order valence-electron chi connectivity index (χ3n) is 3.22. The number of hydrogen-bond donors (Lipinski definition) is 1. The molecule has 102 valence electrons. The number of fused-ring (bicyclic) bond motifs is 1. The molecule has 0 fully saturated rings. The van der Waals surface area contributed by atoms with Gasteiger partial charge in [-0.15, -0.1) is 0 Å². The highest BCUT2D eigenvalue weighted by Gasteiger charge is 2.06. The van der Waals surface area contributed by atoms with E-state index in [0.717, 1.165) is 31.8 Å². The molecule has 3 nitrogen and oxygen atoms in total. The minimum absolute atomic E-state index is 0.700. The van der Waals surface area contributed by atoms with Crippen LogP contribution in [-0.4, -0.2) is 9.61 Å². The Hall–Kier alpha value is -1.52. The Morgan fingerprint density at radius 3 is 3.05 bits per heavy atom. The van der Waals surface area contributed by atoms with Crippen LogP contribution in [0.25, 0.3) is 5.52 Å². The second-order valence-corrected chi connectivity index (χ2v) is 5.90. The minimum Gasteiger partial charge on any atom is -0.380 e. The van der Waals surface area contributed by atoms with Gasteiger partial charge in [0.1, 0.15) is 0 Å². The predicted molar refractivity (Wildman–Crippen MR) is 86.4 cm³/mol. The van der Waals surface area contributed by atoms with Gasteiger partial charge in [0.15, 0.2) is 0 Å². The maximum Gasteiger partial charge on any atom is 0.0711 e. The van der Waals surface area contributed by atoms with Crippen molar-refractivity contribution in [2.24, 2.45) is 0 Å². The van der Waals surface area contributed by atoms with Crippen LogP contribution in [0.1, 0.15) is 11.1 Å². The van der Waals surface area contributed by atoms with E-state index in [1.165, 1.54) is 0 Å². The van der Waals surface area contributed by atoms with Gasteiger partial charge in [-0.05, 0) is 52.7 Å². The molecule has 2 heterocycles. The smallest absolute Gasteiger partial charge is 0.0711 e. The molecule has 20 heavy (non-hydrogen) atoms. The fraction of sp³-hybridized carbons (Fsp3) is 0.133. The van der Waals surface area contributed by atoms with Crippen molar-refractivity contribution in [1.29, 1.82) is 0 Å². The second kappa shape index (κ2) is 5.46. The Bertz CT molecular complexity index is 767. The van der Waals surface area contributed by atoms with Crippen LogP contribution in [0, 0.1) is 6.92 Å². The molecule has 0 unspecified atom stereocenters. The number of benzene rings is 1. The third kappa shape index (κ3) is 2.53. The fourth-order valence-electron chi connectivity index (χ4n) is 2.10. The maximum absolute atomic E-state index is 6.16. The van der Waals surface area contributed by atoms with E-state index in [-0.39, 0.29) is 0 Å². The van der Waals surface area contributed by atoms with Gasteiger partial charge in [0.2, 0.25) is 0 Å². The number of nitrogens with one attached hydrogen (secondary N) is 1. The van der Waals surface area contributed by atoms with E-state index >= 15 is 0 Å². The zero-order valence-electron chi connectivity index (χ0n) is 10.9. The van der Waals surface area contributed by atoms with Crippen LogP contribution in [0.2, 0.25) is 5.02 Å². The molecule has 3 aromatic rings. The lowest BCUT2D eigenvalue weighted by Crippen LogP contribution is -2.00. The highest BCUT2D eigenvalue weighted by Crippen LogP contribution is 2.29. The Labute approximate surface area is 130 Å². The maximum atomic E-state index is 6.16. The average molecular weight is 351 g/mol. The lowest BCUT2D eigenvalue weighted by molar-refractivity contribution is 0.961. The van der Waals surface area contributed by atoms with E-state index in [0.29, 0.717) is 6.54 Å². The van der Waals surface area contributed by atoms with E-state index in [4.69, 9.17) is 11.6 Å². The topological polar surface area (TPSA) is 29.3 Å². The largest absolute Gasteiger partial charge is 0.380 e. The fourth-order valence-corrected chi connectivity index (χ4v) is 2.86. The summed E-state index contributed by atoms with van der Waals surface area (Å²) in [6, 6.07) is 9.99. The third-order valence-corrected chi connectivity index (χ3v) is 4.29. The van der Waals surface area contributed by atoms with Crippen molar-refractivity contribution in [3.05, 3.63) is 63.3 Å². The van der Waals surface area contributed by atoms with E-state index in [1.807, 2.05) is 48.1 Å². The summed E-state index contributed by atoms with van der Waals surface area (Å²) in [4.78, 5) is 0. The summed E-state index contributed by atoms with van der Waals surface area (Å²) < 4.78 is 2.88. The Balaban J connectivity index is 1.85. The number of hydrogen-bond acceptors (Lipinski definition) is 2. The number of halogens is 2. The molecule has 0 radical (unpaired) electrons. The summed E-state index contributed by atoms with van der Waals surface area (Å²) in [6.45, 7) is 2.69. The predicted octanol–water partition coefficient (Wildman–Crippen LogP) is 4.67. The molecule has 2 aromatic heterocycles. The quantitative estimate of drug-likeness (QED) is 0.743. The molecule has 0 amide bonds. The molecule has 0 bridgehead atoms. The van der Waals surface area contributed by atoms with Crippen molar-refractivity contribution in [3.63, 3.8) is 0 Å². The van der Waals surface area contributed by atoms with Gasteiger partial charge < -0.3 is 5.32 Å². The summed E-state index contributed by atoms with van der Waals surface area (Å²) in [5, 5.41) is 8.47. The van der Waals surface area contributed by atoms with E-state index < -0.39 is 0 Å². The van der Waals surface area contributed by atoms with E-state index in [9.17, 15) is 0 Å². The molecule has 3 rings (SSSR count). The summed E-state index contributed by atoms with van der Waals surface area (Å²) in [5.74, 6) is 0. The van der Waals surface area contributed by atoms with Crippen molar-refractivity contribution in [1.82, 2.24) is 9.61 Å². The Morgan fingerprint density at radius 1 is 1.35 bits per heavy atom. The van der Waals surface area contributed by atoms with Crippen LogP contribution in [0.4, 0.5) is 5.69 Å². The van der Waals surface area contributed by atoms with E-state index in [2.05, 4.69) is 32.4 Å². The summed E-state index contributed by atoms with van der Waals surface area (Å²) in [7, 11) is 0. The number of nitrogens with zero attached hydrogens (tertiary/aromatic N) is 2. The molecule has 0 aliphatic carbocycles. The highest BCUT2D eigenvalue weighted by molar-refractivity contribution is 9.10. The highest BCUT2D eigenvalue weighted by atomic mass is 79.9. The van der Waals surface area contributed by atoms with Crippen molar-refractivity contribution in [2.75, 3.05) is 5.32 Å². The molecule has 0 atom stereocenters. The minimum atomic E-state index is 0.700. The first-order valence-electron chi connectivity index (χ1n) is 6.26. The van der Waals surface area contributed by atoms with Crippen LogP contribution in [0.3, 0.4) is 0 Å². The van der Waals surface area contributed by atoms with Gasteiger partial charge >= 0.3 is 0 Å². The molecule has 0 spiro atoms. The molecule has 0 aliphatic rings. The first-order chi connectivity index (χ1) is 9.65. The molecule has 1 N–H and O–H groups in total. The molecule has 0 aliphatic heterocycles. The normalized spacial score (nSPS) is 10.9. The first-order valence-corrected chi connectivity index (χ1v) is 7.43. The molecular formula is C15H13BrClN3. The second-order valence-electron chi connectivity index (χ2n) is 4.64. The molecule has 0 saturated carbocycles. The van der Waals surface area contributed by atoms with Crippen molar-refractivity contribution in [3.8, 4) is 0 Å². The SMILES string of the molecule is Cc1cc(Br)c(NCc2cnn3ccccc23)cc1Cl. The van der Waals surface area contributed by atoms with Crippen molar-refractivity contribution >= 4 is 38.7 Å². The molecule has 5 heteroatoms. The van der Waals surface area contributed by atoms with Crippen LogP contribution in [0.5, 0.6) is 0 Å². The van der Waals surface area contributed by atoms with Gasteiger partial charge in [0, 0.05) is 27.8 Å². The van der Waals surface area contributed by atoms with Crippen LogP contribution >= 0.6 is 27.5 Å². The zero-order valence-corrected chi connectivity index (χ0v) is 13.2. The number of aromatic nitrogens is 2. The first kappa shape index (κ1) is 13.5. The van der Waals surface area contributed by atoms with Gasteiger partial charge in [-0.1, -0.05) is 17.7 Å². The van der Waals surface area contributed by atoms with Crippen LogP contribution in [0.15, 0.2) is 47.2 Å². The number of anilines is 1. The van der Waals surface area contributed by atoms with Gasteiger partial charge in [0.05, 0.1) is 17.4 Å². The summed E-state index contributed by atoms with van der Waals surface area (Å²) in [6.07, 6.45) is 3.82. The van der Waals surface area contributed by atoms with Crippen molar-refractivity contribution in [2.45, 2.75) is 13.5 Å². The Kier molecular flexibility index (Phi) is 3.68. The standard InChI is InChI=1S/C15H13BrClN3/c1-10-6-12(16)14(7-13(10)17)18-8-11-9-19-20-5-3-2-4-15(11)20/h2-7,9,18H,8H2,1H3. The number of rotatable bonds is 3. The zero-order chi connectivity index (χ0) is 14.1. The van der Waals surface area contributed by atoms with Gasteiger partial charge in [-0.25, -0.2) is 4.52 Å². The monoisotopic (exact) mass is 349 g/mol. The lowest BCUT2D eigenvalue weighted by Gasteiger charge is -2.10. The average Bonchev–Trinajstić information content (AvgIpc) is 2.85. The van der Waals surface area contributed by atoms with E-state index in [1.54, 1.807) is 0 Å². The Morgan fingerprint density at radius 2 is 2.20 bits per heavy atom. The van der Waals surface area contributed by atoms with Crippen LogP contribution < -0.4 is 5.32 Å². The van der Waals surface area contributed by atoms with Gasteiger partial charge in [-0.2, -0.15) is 5.10 Å². The molecular weight excluding hydrogens is 338 g/mol.